The smallest absolute Gasteiger partial charge is 0.198 e. The standard InChI is InChI=1S/C12H11N5S3/c1-3-6-17-10(9-5-4-7-18-9)14-15-11(17)19-12-13-8(2)16-20-12/h3-5,7H,1,6H2,2H3. The molecule has 3 aromatic rings. The molecule has 20 heavy (non-hydrogen) atoms. The Morgan fingerprint density at radius 2 is 2.35 bits per heavy atom. The number of nitrogens with zero attached hydrogens (tertiary/aromatic N) is 5. The summed E-state index contributed by atoms with van der Waals surface area (Å²) in [6, 6.07) is 4.05. The van der Waals surface area contributed by atoms with E-state index in [-0.39, 0.29) is 0 Å². The first-order valence-corrected chi connectivity index (χ1v) is 8.31. The van der Waals surface area contributed by atoms with E-state index in [2.05, 4.69) is 26.1 Å². The molecule has 0 aliphatic rings. The van der Waals surface area contributed by atoms with Crippen molar-refractivity contribution in [3.8, 4) is 10.7 Å². The zero-order valence-corrected chi connectivity index (χ0v) is 13.1. The lowest BCUT2D eigenvalue weighted by molar-refractivity contribution is 0.732. The third kappa shape index (κ3) is 2.67. The second kappa shape index (κ2) is 5.86. The first kappa shape index (κ1) is 13.5. The number of thiophene rings is 1. The monoisotopic (exact) mass is 321 g/mol. The molecule has 8 heteroatoms. The van der Waals surface area contributed by atoms with Gasteiger partial charge in [-0.2, -0.15) is 4.37 Å². The molecule has 0 aromatic carbocycles. The van der Waals surface area contributed by atoms with Gasteiger partial charge in [-0.3, -0.25) is 4.57 Å². The highest BCUT2D eigenvalue weighted by Crippen LogP contribution is 2.31. The van der Waals surface area contributed by atoms with Crippen LogP contribution in [0.5, 0.6) is 0 Å². The van der Waals surface area contributed by atoms with Gasteiger partial charge in [0, 0.05) is 6.54 Å². The normalized spacial score (nSPS) is 10.8. The van der Waals surface area contributed by atoms with Crippen LogP contribution in [0.2, 0.25) is 0 Å². The zero-order chi connectivity index (χ0) is 13.9. The fourth-order valence-electron chi connectivity index (χ4n) is 1.64. The van der Waals surface area contributed by atoms with Gasteiger partial charge in [0.1, 0.15) is 5.82 Å². The van der Waals surface area contributed by atoms with E-state index in [1.54, 1.807) is 11.3 Å². The van der Waals surface area contributed by atoms with Crippen LogP contribution in [0.25, 0.3) is 10.7 Å². The lowest BCUT2D eigenvalue weighted by Crippen LogP contribution is -1.99. The fourth-order valence-corrected chi connectivity index (χ4v) is 3.96. The maximum absolute atomic E-state index is 4.35. The van der Waals surface area contributed by atoms with E-state index >= 15 is 0 Å². The third-order valence-electron chi connectivity index (χ3n) is 2.46. The van der Waals surface area contributed by atoms with Gasteiger partial charge in [0.2, 0.25) is 0 Å². The molecule has 102 valence electrons. The van der Waals surface area contributed by atoms with Crippen LogP contribution in [0, 0.1) is 6.92 Å². The molecule has 0 saturated carbocycles. The molecule has 3 aromatic heterocycles. The Hall–Kier alpha value is -1.51. The van der Waals surface area contributed by atoms with E-state index < -0.39 is 0 Å². The Morgan fingerprint density at radius 3 is 3.00 bits per heavy atom. The first-order chi connectivity index (χ1) is 9.78. The van der Waals surface area contributed by atoms with E-state index in [1.165, 1.54) is 23.3 Å². The zero-order valence-electron chi connectivity index (χ0n) is 10.7. The van der Waals surface area contributed by atoms with Gasteiger partial charge < -0.3 is 0 Å². The van der Waals surface area contributed by atoms with Crippen LogP contribution in [0.15, 0.2) is 39.7 Å². The molecule has 0 atom stereocenters. The van der Waals surface area contributed by atoms with Crippen LogP contribution >= 0.6 is 34.6 Å². The summed E-state index contributed by atoms with van der Waals surface area (Å²) >= 11 is 4.51. The van der Waals surface area contributed by atoms with Crippen LogP contribution < -0.4 is 0 Å². The Kier molecular flexibility index (Phi) is 3.95. The minimum Gasteiger partial charge on any atom is -0.297 e. The quantitative estimate of drug-likeness (QED) is 0.673. The van der Waals surface area contributed by atoms with Crippen molar-refractivity contribution in [3.63, 3.8) is 0 Å². The summed E-state index contributed by atoms with van der Waals surface area (Å²) in [4.78, 5) is 5.44. The van der Waals surface area contributed by atoms with E-state index in [9.17, 15) is 0 Å². The van der Waals surface area contributed by atoms with Crippen molar-refractivity contribution in [1.29, 1.82) is 0 Å². The van der Waals surface area contributed by atoms with E-state index in [1.807, 2.05) is 35.1 Å². The summed E-state index contributed by atoms with van der Waals surface area (Å²) in [6.45, 7) is 6.35. The predicted octanol–water partition coefficient (Wildman–Crippen LogP) is 3.50. The molecule has 0 amide bonds. The van der Waals surface area contributed by atoms with Gasteiger partial charge in [0.05, 0.1) is 4.88 Å². The molecule has 0 N–H and O–H groups in total. The molecule has 0 fully saturated rings. The number of hydrogen-bond donors (Lipinski definition) is 0. The van der Waals surface area contributed by atoms with Crippen molar-refractivity contribution in [1.82, 2.24) is 24.1 Å². The summed E-state index contributed by atoms with van der Waals surface area (Å²) in [5.41, 5.74) is 0. The topological polar surface area (TPSA) is 56.5 Å². The Morgan fingerprint density at radius 1 is 1.45 bits per heavy atom. The Balaban J connectivity index is 1.96. The molecule has 0 aliphatic carbocycles. The van der Waals surface area contributed by atoms with Gasteiger partial charge >= 0.3 is 0 Å². The maximum Gasteiger partial charge on any atom is 0.198 e. The number of hydrogen-bond acceptors (Lipinski definition) is 7. The molecule has 3 heterocycles. The Bertz CT molecular complexity index is 713. The van der Waals surface area contributed by atoms with Gasteiger partial charge in [-0.15, -0.1) is 28.1 Å². The summed E-state index contributed by atoms with van der Waals surface area (Å²) < 4.78 is 7.09. The molecular formula is C12H11N5S3. The maximum atomic E-state index is 4.35. The molecule has 0 radical (unpaired) electrons. The van der Waals surface area contributed by atoms with E-state index in [0.717, 1.165) is 26.0 Å². The number of rotatable bonds is 5. The van der Waals surface area contributed by atoms with Crippen LogP contribution in [0.4, 0.5) is 0 Å². The fraction of sp³-hybridized carbons (Fsp3) is 0.167. The van der Waals surface area contributed by atoms with Crippen LogP contribution in [0.1, 0.15) is 5.82 Å². The summed E-state index contributed by atoms with van der Waals surface area (Å²) in [5, 5.41) is 11.4. The molecule has 0 saturated heterocycles. The third-order valence-corrected chi connectivity index (χ3v) is 5.15. The second-order valence-corrected chi connectivity index (χ2v) is 6.81. The molecule has 0 aliphatic heterocycles. The molecule has 0 unspecified atom stereocenters. The first-order valence-electron chi connectivity index (χ1n) is 5.84. The van der Waals surface area contributed by atoms with Crippen molar-refractivity contribution in [2.75, 3.05) is 0 Å². The molecule has 3 rings (SSSR count). The summed E-state index contributed by atoms with van der Waals surface area (Å²) in [5.74, 6) is 1.65. The molecule has 0 bridgehead atoms. The van der Waals surface area contributed by atoms with Gasteiger partial charge in [0.25, 0.3) is 0 Å². The second-order valence-electron chi connectivity index (χ2n) is 3.89. The van der Waals surface area contributed by atoms with Crippen LogP contribution in [-0.4, -0.2) is 24.1 Å². The van der Waals surface area contributed by atoms with E-state index in [4.69, 9.17) is 0 Å². The predicted molar refractivity (Wildman–Crippen MR) is 82.3 cm³/mol. The summed E-state index contributed by atoms with van der Waals surface area (Å²) in [6.07, 6.45) is 1.84. The number of allylic oxidation sites excluding steroid dienone is 1. The SMILES string of the molecule is C=CCn1c(Sc2nc(C)ns2)nnc1-c1cccs1. The van der Waals surface area contributed by atoms with Crippen molar-refractivity contribution < 1.29 is 0 Å². The highest BCUT2D eigenvalue weighted by Gasteiger charge is 2.16. The highest BCUT2D eigenvalue weighted by molar-refractivity contribution is 8.00. The number of aryl methyl sites for hydroxylation is 1. The van der Waals surface area contributed by atoms with Crippen LogP contribution in [0.3, 0.4) is 0 Å². The van der Waals surface area contributed by atoms with Gasteiger partial charge in [-0.05, 0) is 41.7 Å². The molecular weight excluding hydrogens is 310 g/mol. The molecule has 0 spiro atoms. The van der Waals surface area contributed by atoms with Crippen molar-refractivity contribution in [2.45, 2.75) is 23.0 Å². The average Bonchev–Trinajstić information content (AvgIpc) is 3.13. The minimum atomic E-state index is 0.667. The van der Waals surface area contributed by atoms with Crippen molar-refractivity contribution in [3.05, 3.63) is 36.0 Å². The Labute approximate surface area is 128 Å². The summed E-state index contributed by atoms with van der Waals surface area (Å²) in [7, 11) is 0. The molecule has 5 nitrogen and oxygen atoms in total. The van der Waals surface area contributed by atoms with Crippen molar-refractivity contribution in [2.24, 2.45) is 0 Å². The van der Waals surface area contributed by atoms with E-state index in [0.29, 0.717) is 6.54 Å². The largest absolute Gasteiger partial charge is 0.297 e. The van der Waals surface area contributed by atoms with Gasteiger partial charge in [-0.1, -0.05) is 12.1 Å². The minimum absolute atomic E-state index is 0.667. The number of aromatic nitrogens is 5. The highest BCUT2D eigenvalue weighted by atomic mass is 32.2. The lowest BCUT2D eigenvalue weighted by Gasteiger charge is -2.04. The average molecular weight is 321 g/mol. The lowest BCUT2D eigenvalue weighted by atomic mass is 10.4. The van der Waals surface area contributed by atoms with Crippen LogP contribution in [-0.2, 0) is 6.54 Å². The van der Waals surface area contributed by atoms with Crippen molar-refractivity contribution >= 4 is 34.6 Å². The van der Waals surface area contributed by atoms with Gasteiger partial charge in [0.15, 0.2) is 15.3 Å². The van der Waals surface area contributed by atoms with Gasteiger partial charge in [-0.25, -0.2) is 4.98 Å².